The highest BCUT2D eigenvalue weighted by Crippen LogP contribution is 2.43. The molecule has 4 amide bonds. The first-order valence-electron chi connectivity index (χ1n) is 22.0. The Hall–Kier alpha value is -6.99. The lowest BCUT2D eigenvalue weighted by Crippen LogP contribution is -2.64. The molecule has 3 unspecified atom stereocenters. The van der Waals surface area contributed by atoms with Gasteiger partial charge in [0.05, 0.1) is 29.3 Å². The van der Waals surface area contributed by atoms with Crippen LogP contribution in [-0.4, -0.2) is 80.1 Å². The van der Waals surface area contributed by atoms with E-state index in [2.05, 4.69) is 37.6 Å². The average Bonchev–Trinajstić information content (AvgIpc) is 3.32. The standard InChI is InChI=1S/C48H52N10O6/c1-32-38-28-36(12-13-37(38)46(63)58(55-32)39-14-15-40(59)52-45(39)62)50-23-7-2-4-11-43(61)57-25-18-33(19-26-57)30-64-42-17-24-51-44(53-42)35-10-8-9-34(27-35)29-48(22-16-41(60)54-56-48)47(31-49)20-5-3-6-21-47/h3,5-6,8-10,12-13,16-17,20,22,24,27-28,33,39,50,56H,2,4,7,11,14-15,18-19,21,23,25-26,29-30H2,1H3,(H,54,60)(H,52,59,62). The maximum Gasteiger partial charge on any atom is 0.275 e. The number of ether oxygens (including phenoxy) is 1. The highest BCUT2D eigenvalue weighted by Gasteiger charge is 2.50. The summed E-state index contributed by atoms with van der Waals surface area (Å²) in [4.78, 5) is 73.6. The molecule has 16 heteroatoms. The van der Waals surface area contributed by atoms with E-state index < -0.39 is 22.9 Å². The number of anilines is 1. The Morgan fingerprint density at radius 2 is 1.86 bits per heavy atom. The molecule has 8 rings (SSSR count). The van der Waals surface area contributed by atoms with Crippen molar-refractivity contribution in [1.29, 1.82) is 5.26 Å². The lowest BCUT2D eigenvalue weighted by atomic mass is 9.64. The number of likely N-dealkylation sites (tertiary alicyclic amines) is 1. The zero-order valence-corrected chi connectivity index (χ0v) is 35.8. The summed E-state index contributed by atoms with van der Waals surface area (Å²) < 4.78 is 7.37. The van der Waals surface area contributed by atoms with E-state index in [4.69, 9.17) is 9.72 Å². The number of imide groups is 1. The molecule has 3 atom stereocenters. The van der Waals surface area contributed by atoms with Gasteiger partial charge in [0.1, 0.15) is 11.5 Å². The van der Waals surface area contributed by atoms with Crippen LogP contribution in [0.4, 0.5) is 5.69 Å². The third-order valence-electron chi connectivity index (χ3n) is 12.7. The van der Waals surface area contributed by atoms with E-state index in [1.165, 1.54) is 10.8 Å². The second kappa shape index (κ2) is 19.2. The van der Waals surface area contributed by atoms with Crippen molar-refractivity contribution >= 4 is 40.1 Å². The van der Waals surface area contributed by atoms with E-state index in [0.717, 1.165) is 48.9 Å². The zero-order valence-electron chi connectivity index (χ0n) is 35.8. The number of nitriles is 1. The Morgan fingerprint density at radius 3 is 2.62 bits per heavy atom. The van der Waals surface area contributed by atoms with E-state index in [1.807, 2.05) is 65.6 Å². The fourth-order valence-corrected chi connectivity index (χ4v) is 9.01. The number of nitrogens with zero attached hydrogens (tertiary/aromatic N) is 6. The molecule has 0 bridgehead atoms. The van der Waals surface area contributed by atoms with Gasteiger partial charge in [-0.05, 0) is 87.6 Å². The Bertz CT molecular complexity index is 2640. The molecule has 2 aromatic heterocycles. The van der Waals surface area contributed by atoms with Crippen LogP contribution >= 0.6 is 0 Å². The van der Waals surface area contributed by atoms with E-state index in [0.29, 0.717) is 79.6 Å². The molecule has 1 aliphatic carbocycles. The first-order valence-corrected chi connectivity index (χ1v) is 22.0. The Balaban J connectivity index is 0.764. The maximum atomic E-state index is 13.2. The van der Waals surface area contributed by atoms with E-state index in [9.17, 15) is 29.2 Å². The van der Waals surface area contributed by atoms with Gasteiger partial charge in [-0.3, -0.25) is 34.7 Å². The minimum atomic E-state index is -0.919. The molecule has 0 radical (unpaired) electrons. The molecular weight excluding hydrogens is 813 g/mol. The van der Waals surface area contributed by atoms with Gasteiger partial charge in [-0.25, -0.2) is 15.1 Å². The average molecular weight is 865 g/mol. The number of nitrogens with one attached hydrogen (secondary N) is 4. The maximum absolute atomic E-state index is 13.2. The van der Waals surface area contributed by atoms with Gasteiger partial charge < -0.3 is 15.0 Å². The molecule has 2 fully saturated rings. The second-order valence-electron chi connectivity index (χ2n) is 17.0. The SMILES string of the molecule is Cc1nn(C2CCC(=O)NC2=O)c(=O)c2ccc(NCCCCCC(=O)N3CCC(COc4ccnc(-c5cccc(CC6(C7(C#N)C=CC=CC7)C=CC(=O)NN6)c5)n4)CC3)cc12. The molecule has 5 heterocycles. The molecule has 4 aliphatic rings. The molecule has 2 saturated heterocycles. The van der Waals surface area contributed by atoms with Crippen molar-refractivity contribution in [3.8, 4) is 23.3 Å². The number of rotatable bonds is 15. The fourth-order valence-electron chi connectivity index (χ4n) is 9.01. The minimum absolute atomic E-state index is 0.163. The number of aromatic nitrogens is 4. The quantitative estimate of drug-likeness (QED) is 0.0926. The summed E-state index contributed by atoms with van der Waals surface area (Å²) in [6.07, 6.45) is 18.7. The number of allylic oxidation sites excluding steroid dienone is 3. The molecule has 2 aromatic carbocycles. The van der Waals surface area contributed by atoms with Crippen LogP contribution in [0.1, 0.15) is 75.1 Å². The second-order valence-corrected chi connectivity index (χ2v) is 17.0. The van der Waals surface area contributed by atoms with Gasteiger partial charge in [0.2, 0.25) is 17.7 Å². The highest BCUT2D eigenvalue weighted by molar-refractivity contribution is 5.99. The predicted molar refractivity (Wildman–Crippen MR) is 239 cm³/mol. The first kappa shape index (κ1) is 43.7. The van der Waals surface area contributed by atoms with E-state index in [1.54, 1.807) is 31.3 Å². The number of hydrogen-bond acceptors (Lipinski definition) is 12. The normalized spacial score (nSPS) is 22.2. The molecule has 3 aliphatic heterocycles. The van der Waals surface area contributed by atoms with Gasteiger partial charge in [-0.1, -0.05) is 55.0 Å². The van der Waals surface area contributed by atoms with Crippen LogP contribution in [0, 0.1) is 29.6 Å². The number of amides is 4. The van der Waals surface area contributed by atoms with Gasteiger partial charge in [-0.15, -0.1) is 0 Å². The molecular formula is C48H52N10O6. The van der Waals surface area contributed by atoms with Crippen LogP contribution in [-0.2, 0) is 25.6 Å². The lowest BCUT2D eigenvalue weighted by molar-refractivity contribution is -0.136. The largest absolute Gasteiger partial charge is 0.477 e. The molecule has 4 aromatic rings. The summed E-state index contributed by atoms with van der Waals surface area (Å²) >= 11 is 0. The minimum Gasteiger partial charge on any atom is -0.477 e. The summed E-state index contributed by atoms with van der Waals surface area (Å²) in [6, 6.07) is 16.8. The van der Waals surface area contributed by atoms with E-state index >= 15 is 0 Å². The number of aryl methyl sites for hydroxylation is 1. The van der Waals surface area contributed by atoms with Gasteiger partial charge in [0.25, 0.3) is 17.4 Å². The van der Waals surface area contributed by atoms with Crippen LogP contribution in [0.15, 0.2) is 96.0 Å². The summed E-state index contributed by atoms with van der Waals surface area (Å²) in [5, 5.41) is 21.7. The fraction of sp³-hybridized carbons (Fsp3) is 0.396. The smallest absolute Gasteiger partial charge is 0.275 e. The molecule has 0 spiro atoms. The molecule has 4 N–H and O–H groups in total. The molecule has 330 valence electrons. The number of hydrogen-bond donors (Lipinski definition) is 4. The number of hydrazine groups is 1. The number of unbranched alkanes of at least 4 members (excludes halogenated alkanes) is 2. The van der Waals surface area contributed by atoms with Crippen LogP contribution in [0.2, 0.25) is 0 Å². The van der Waals surface area contributed by atoms with Crippen molar-refractivity contribution in [3.63, 3.8) is 0 Å². The molecule has 16 nitrogen and oxygen atoms in total. The predicted octanol–water partition coefficient (Wildman–Crippen LogP) is 4.93. The van der Waals surface area contributed by atoms with Crippen LogP contribution in [0.3, 0.4) is 0 Å². The third-order valence-corrected chi connectivity index (χ3v) is 12.7. The van der Waals surface area contributed by atoms with Crippen molar-refractivity contribution in [2.45, 2.75) is 82.7 Å². The topological polar surface area (TPSA) is 213 Å². The molecule has 0 saturated carbocycles. The Labute approximate surface area is 370 Å². The lowest BCUT2D eigenvalue weighted by Gasteiger charge is -2.45. The summed E-state index contributed by atoms with van der Waals surface area (Å²) in [5.74, 6) is 0.343. The number of carbonyl (C=O) groups excluding carboxylic acids is 4. The number of carbonyl (C=O) groups is 4. The number of fused-ring (bicyclic) bond motifs is 1. The first-order chi connectivity index (χ1) is 31.0. The van der Waals surface area contributed by atoms with Crippen molar-refractivity contribution in [2.24, 2.45) is 11.3 Å². The summed E-state index contributed by atoms with van der Waals surface area (Å²) in [5.41, 5.74) is 6.93. The Kier molecular flexibility index (Phi) is 13.1. The van der Waals surface area contributed by atoms with Gasteiger partial charge in [0.15, 0.2) is 5.82 Å². The van der Waals surface area contributed by atoms with Crippen molar-refractivity contribution in [1.82, 2.24) is 40.8 Å². The summed E-state index contributed by atoms with van der Waals surface area (Å²) in [7, 11) is 0. The van der Waals surface area contributed by atoms with Crippen LogP contribution < -0.4 is 31.8 Å². The Morgan fingerprint density at radius 1 is 1.00 bits per heavy atom. The van der Waals surface area contributed by atoms with Crippen molar-refractivity contribution in [3.05, 3.63) is 113 Å². The zero-order chi connectivity index (χ0) is 44.7. The number of benzene rings is 2. The van der Waals surface area contributed by atoms with Crippen LogP contribution in [0.25, 0.3) is 22.2 Å². The third kappa shape index (κ3) is 9.49. The van der Waals surface area contributed by atoms with Crippen LogP contribution in [0.5, 0.6) is 5.88 Å². The van der Waals surface area contributed by atoms with Crippen molar-refractivity contribution in [2.75, 3.05) is 31.6 Å². The van der Waals surface area contributed by atoms with E-state index in [-0.39, 0.29) is 36.1 Å². The van der Waals surface area contributed by atoms with Gasteiger partial charge in [-0.2, -0.15) is 15.3 Å². The summed E-state index contributed by atoms with van der Waals surface area (Å²) in [6.45, 7) is 4.39. The highest BCUT2D eigenvalue weighted by atomic mass is 16.5. The van der Waals surface area contributed by atoms with Gasteiger partial charge in [0, 0.05) is 67.5 Å². The molecule has 64 heavy (non-hydrogen) atoms. The van der Waals surface area contributed by atoms with Crippen molar-refractivity contribution < 1.29 is 23.9 Å². The monoisotopic (exact) mass is 864 g/mol. The van der Waals surface area contributed by atoms with Gasteiger partial charge >= 0.3 is 0 Å². The number of piperidine rings is 2.